The molecule has 100 valence electrons. The zero-order chi connectivity index (χ0) is 12.8. The molecule has 0 aliphatic heterocycles. The summed E-state index contributed by atoms with van der Waals surface area (Å²) < 4.78 is 0. The second-order valence-electron chi connectivity index (χ2n) is 5.84. The molecule has 0 bridgehead atoms. The highest BCUT2D eigenvalue weighted by atomic mass is 14.9. The number of pyridine rings is 1. The second-order valence-corrected chi connectivity index (χ2v) is 5.84. The lowest BCUT2D eigenvalue weighted by Crippen LogP contribution is -2.24. The fourth-order valence-corrected chi connectivity index (χ4v) is 2.86. The standard InChI is InChI=1S/C16H26N2/c1-13-6-8-15(9-7-13)10-12-17-14(2)16-5-3-4-11-18-16/h3-5,11,13-15,17H,6-10,12H2,1-2H3. The monoisotopic (exact) mass is 246 g/mol. The van der Waals surface area contributed by atoms with Crippen molar-refractivity contribution in [1.82, 2.24) is 10.3 Å². The minimum Gasteiger partial charge on any atom is -0.309 e. The molecule has 2 heteroatoms. The number of hydrogen-bond donors (Lipinski definition) is 1. The molecule has 2 nitrogen and oxygen atoms in total. The third-order valence-electron chi connectivity index (χ3n) is 4.27. The van der Waals surface area contributed by atoms with Crippen LogP contribution in [0.1, 0.15) is 57.7 Å². The molecule has 1 aliphatic rings. The maximum atomic E-state index is 4.39. The van der Waals surface area contributed by atoms with Gasteiger partial charge in [-0.05, 0) is 43.9 Å². The summed E-state index contributed by atoms with van der Waals surface area (Å²) in [7, 11) is 0. The molecule has 2 rings (SSSR count). The van der Waals surface area contributed by atoms with Crippen molar-refractivity contribution in [2.75, 3.05) is 6.54 Å². The van der Waals surface area contributed by atoms with Crippen LogP contribution in [0.4, 0.5) is 0 Å². The molecular weight excluding hydrogens is 220 g/mol. The Bertz CT molecular complexity index is 328. The number of hydrogen-bond acceptors (Lipinski definition) is 2. The van der Waals surface area contributed by atoms with E-state index in [0.717, 1.165) is 24.1 Å². The maximum Gasteiger partial charge on any atom is 0.0570 e. The Morgan fingerprint density at radius 2 is 2.06 bits per heavy atom. The number of rotatable bonds is 5. The van der Waals surface area contributed by atoms with Crippen LogP contribution in [-0.2, 0) is 0 Å². The summed E-state index contributed by atoms with van der Waals surface area (Å²) in [5.41, 5.74) is 1.15. The first-order chi connectivity index (χ1) is 8.75. The summed E-state index contributed by atoms with van der Waals surface area (Å²) in [4.78, 5) is 4.39. The van der Waals surface area contributed by atoms with E-state index in [2.05, 4.69) is 36.3 Å². The Balaban J connectivity index is 1.66. The van der Waals surface area contributed by atoms with E-state index in [1.54, 1.807) is 0 Å². The number of aromatic nitrogens is 1. The van der Waals surface area contributed by atoms with Gasteiger partial charge in [-0.25, -0.2) is 0 Å². The Kier molecular flexibility index (Phi) is 5.18. The molecule has 0 amide bonds. The van der Waals surface area contributed by atoms with Gasteiger partial charge in [0.2, 0.25) is 0 Å². The fraction of sp³-hybridized carbons (Fsp3) is 0.688. The predicted molar refractivity (Wildman–Crippen MR) is 76.4 cm³/mol. The normalized spacial score (nSPS) is 25.9. The summed E-state index contributed by atoms with van der Waals surface area (Å²) in [6, 6.07) is 6.50. The van der Waals surface area contributed by atoms with E-state index in [4.69, 9.17) is 0 Å². The molecule has 1 saturated carbocycles. The highest BCUT2D eigenvalue weighted by molar-refractivity contribution is 5.07. The average Bonchev–Trinajstić information content (AvgIpc) is 2.42. The van der Waals surface area contributed by atoms with Crippen molar-refractivity contribution in [1.29, 1.82) is 0 Å². The van der Waals surface area contributed by atoms with Crippen molar-refractivity contribution in [2.45, 2.75) is 52.0 Å². The van der Waals surface area contributed by atoms with Gasteiger partial charge in [-0.2, -0.15) is 0 Å². The molecule has 0 radical (unpaired) electrons. The maximum absolute atomic E-state index is 4.39. The van der Waals surface area contributed by atoms with E-state index in [0.29, 0.717) is 6.04 Å². The molecule has 1 aliphatic carbocycles. The van der Waals surface area contributed by atoms with Gasteiger partial charge >= 0.3 is 0 Å². The zero-order valence-corrected chi connectivity index (χ0v) is 11.7. The molecule has 1 fully saturated rings. The van der Waals surface area contributed by atoms with Crippen LogP contribution in [0, 0.1) is 11.8 Å². The molecular formula is C16H26N2. The average molecular weight is 246 g/mol. The Morgan fingerprint density at radius 1 is 1.28 bits per heavy atom. The first kappa shape index (κ1) is 13.5. The van der Waals surface area contributed by atoms with Gasteiger partial charge in [0.25, 0.3) is 0 Å². The Morgan fingerprint density at radius 3 is 2.72 bits per heavy atom. The molecule has 1 N–H and O–H groups in total. The lowest BCUT2D eigenvalue weighted by Gasteiger charge is -2.26. The second kappa shape index (κ2) is 6.89. The highest BCUT2D eigenvalue weighted by Gasteiger charge is 2.17. The van der Waals surface area contributed by atoms with Crippen LogP contribution >= 0.6 is 0 Å². The molecule has 1 atom stereocenters. The Hall–Kier alpha value is -0.890. The SMILES string of the molecule is CC1CCC(CCNC(C)c2ccccn2)CC1. The minimum absolute atomic E-state index is 0.369. The van der Waals surface area contributed by atoms with E-state index in [9.17, 15) is 0 Å². The van der Waals surface area contributed by atoms with Gasteiger partial charge in [-0.3, -0.25) is 4.98 Å². The highest BCUT2D eigenvalue weighted by Crippen LogP contribution is 2.30. The van der Waals surface area contributed by atoms with Crippen molar-refractivity contribution in [3.63, 3.8) is 0 Å². The van der Waals surface area contributed by atoms with Gasteiger partial charge in [0.15, 0.2) is 0 Å². The van der Waals surface area contributed by atoms with Crippen LogP contribution in [0.5, 0.6) is 0 Å². The quantitative estimate of drug-likeness (QED) is 0.851. The molecule has 1 heterocycles. The lowest BCUT2D eigenvalue weighted by atomic mass is 9.81. The molecule has 1 aromatic rings. The van der Waals surface area contributed by atoms with Gasteiger partial charge in [0.05, 0.1) is 5.69 Å². The summed E-state index contributed by atoms with van der Waals surface area (Å²) in [5.74, 6) is 1.91. The number of nitrogens with one attached hydrogen (secondary N) is 1. The van der Waals surface area contributed by atoms with Crippen LogP contribution < -0.4 is 5.32 Å². The smallest absolute Gasteiger partial charge is 0.0570 e. The van der Waals surface area contributed by atoms with E-state index in [1.165, 1.54) is 32.1 Å². The summed E-state index contributed by atoms with van der Waals surface area (Å²) in [6.45, 7) is 5.71. The summed E-state index contributed by atoms with van der Waals surface area (Å²) in [5, 5.41) is 3.59. The third kappa shape index (κ3) is 4.09. The molecule has 1 aromatic heterocycles. The Labute approximate surface area is 111 Å². The summed E-state index contributed by atoms with van der Waals surface area (Å²) >= 11 is 0. The lowest BCUT2D eigenvalue weighted by molar-refractivity contribution is 0.273. The van der Waals surface area contributed by atoms with E-state index >= 15 is 0 Å². The predicted octanol–water partition coefficient (Wildman–Crippen LogP) is 3.95. The van der Waals surface area contributed by atoms with Crippen LogP contribution in [-0.4, -0.2) is 11.5 Å². The molecule has 0 aromatic carbocycles. The first-order valence-corrected chi connectivity index (χ1v) is 7.40. The molecule has 1 unspecified atom stereocenters. The van der Waals surface area contributed by atoms with Crippen molar-refractivity contribution >= 4 is 0 Å². The molecule has 0 spiro atoms. The van der Waals surface area contributed by atoms with Gasteiger partial charge < -0.3 is 5.32 Å². The van der Waals surface area contributed by atoms with Gasteiger partial charge in [0, 0.05) is 12.2 Å². The van der Waals surface area contributed by atoms with Gasteiger partial charge in [-0.15, -0.1) is 0 Å². The van der Waals surface area contributed by atoms with Crippen molar-refractivity contribution < 1.29 is 0 Å². The van der Waals surface area contributed by atoms with Crippen LogP contribution in [0.25, 0.3) is 0 Å². The summed E-state index contributed by atoms with van der Waals surface area (Å²) in [6.07, 6.45) is 8.92. The fourth-order valence-electron chi connectivity index (χ4n) is 2.86. The zero-order valence-electron chi connectivity index (χ0n) is 11.7. The minimum atomic E-state index is 0.369. The number of nitrogens with zero attached hydrogens (tertiary/aromatic N) is 1. The third-order valence-corrected chi connectivity index (χ3v) is 4.27. The largest absolute Gasteiger partial charge is 0.309 e. The first-order valence-electron chi connectivity index (χ1n) is 7.40. The van der Waals surface area contributed by atoms with Crippen LogP contribution in [0.2, 0.25) is 0 Å². The van der Waals surface area contributed by atoms with Crippen molar-refractivity contribution in [2.24, 2.45) is 11.8 Å². The van der Waals surface area contributed by atoms with Gasteiger partial charge in [0.1, 0.15) is 0 Å². The van der Waals surface area contributed by atoms with E-state index < -0.39 is 0 Å². The van der Waals surface area contributed by atoms with Crippen LogP contribution in [0.3, 0.4) is 0 Å². The topological polar surface area (TPSA) is 24.9 Å². The van der Waals surface area contributed by atoms with E-state index in [-0.39, 0.29) is 0 Å². The van der Waals surface area contributed by atoms with Gasteiger partial charge in [-0.1, -0.05) is 38.7 Å². The molecule has 0 saturated heterocycles. The van der Waals surface area contributed by atoms with Crippen molar-refractivity contribution in [3.05, 3.63) is 30.1 Å². The van der Waals surface area contributed by atoms with Crippen molar-refractivity contribution in [3.8, 4) is 0 Å². The van der Waals surface area contributed by atoms with E-state index in [1.807, 2.05) is 12.3 Å². The van der Waals surface area contributed by atoms with Crippen LogP contribution in [0.15, 0.2) is 24.4 Å². The molecule has 18 heavy (non-hydrogen) atoms.